The van der Waals surface area contributed by atoms with Gasteiger partial charge in [0.2, 0.25) is 0 Å². The molecule has 0 aliphatic carbocycles. The molecule has 1 aromatic rings. The predicted molar refractivity (Wildman–Crippen MR) is 170 cm³/mol. The Morgan fingerprint density at radius 3 is 1.87 bits per heavy atom. The molecule has 0 fully saturated rings. The van der Waals surface area contributed by atoms with Gasteiger partial charge in [-0.3, -0.25) is 0 Å². The number of unbranched alkanes of at least 4 members (excludes halogenated alkanes) is 3. The molecule has 5 nitrogen and oxygen atoms in total. The monoisotopic (exact) mass is 656 g/mol. The SMILES string of the molecule is CCC[CH2][Sn]([CH2]CCC)([CH2]CCC)[c]1cccc(N(CCCO[Si](C)(C)C(C)(C)C)C(=O)OC(C)(C)C)n1. The van der Waals surface area contributed by atoms with Crippen LogP contribution in [-0.2, 0) is 9.16 Å². The van der Waals surface area contributed by atoms with Crippen LogP contribution >= 0.6 is 0 Å². The van der Waals surface area contributed by atoms with Crippen molar-refractivity contribution in [1.82, 2.24) is 4.98 Å². The van der Waals surface area contributed by atoms with E-state index < -0.39 is 32.3 Å². The van der Waals surface area contributed by atoms with Crippen LogP contribution in [0.15, 0.2) is 18.2 Å². The van der Waals surface area contributed by atoms with E-state index in [1.165, 1.54) is 55.5 Å². The molecule has 1 heterocycles. The predicted octanol–water partition coefficient (Wildman–Crippen LogP) is 9.29. The van der Waals surface area contributed by atoms with E-state index in [9.17, 15) is 4.79 Å². The summed E-state index contributed by atoms with van der Waals surface area (Å²) < 4.78 is 17.7. The van der Waals surface area contributed by atoms with Gasteiger partial charge in [-0.2, -0.15) is 0 Å². The molecule has 1 rings (SSSR count). The van der Waals surface area contributed by atoms with E-state index in [2.05, 4.69) is 66.8 Å². The molecule has 0 unspecified atom stereocenters. The first-order valence-electron chi connectivity index (χ1n) is 15.2. The van der Waals surface area contributed by atoms with Crippen molar-refractivity contribution in [2.24, 2.45) is 0 Å². The molecular weight excluding hydrogens is 595 g/mol. The molecule has 7 heteroatoms. The normalized spacial score (nSPS) is 13.0. The second kappa shape index (κ2) is 16.0. The molecule has 0 spiro atoms. The molecular formula is C31H60N2O3SiSn. The van der Waals surface area contributed by atoms with Crippen LogP contribution in [0, 0.1) is 0 Å². The van der Waals surface area contributed by atoms with E-state index >= 15 is 0 Å². The Hall–Kier alpha value is -0.604. The quantitative estimate of drug-likeness (QED) is 0.132. The zero-order valence-corrected chi connectivity index (χ0v) is 30.7. The first kappa shape index (κ1) is 35.4. The van der Waals surface area contributed by atoms with Gasteiger partial charge in [-0.05, 0) is 0 Å². The van der Waals surface area contributed by atoms with Crippen LogP contribution in [0.1, 0.15) is 107 Å². The summed E-state index contributed by atoms with van der Waals surface area (Å²) in [6.07, 6.45) is 8.00. The Balaban J connectivity index is 3.33. The summed E-state index contributed by atoms with van der Waals surface area (Å²) in [5.41, 5.74) is -0.559. The van der Waals surface area contributed by atoms with Crippen molar-refractivity contribution in [3.63, 3.8) is 0 Å². The zero-order chi connectivity index (χ0) is 29.0. The Morgan fingerprint density at radius 1 is 0.895 bits per heavy atom. The Labute approximate surface area is 240 Å². The number of rotatable bonds is 16. The number of carbonyl (C=O) groups is 1. The van der Waals surface area contributed by atoms with Gasteiger partial charge in [-0.15, -0.1) is 0 Å². The minimum absolute atomic E-state index is 0.166. The van der Waals surface area contributed by atoms with E-state index in [4.69, 9.17) is 14.1 Å². The van der Waals surface area contributed by atoms with Crippen molar-refractivity contribution >= 4 is 42.3 Å². The maximum atomic E-state index is 13.4. The Morgan fingerprint density at radius 2 is 1.42 bits per heavy atom. The number of aromatic nitrogens is 1. The summed E-state index contributed by atoms with van der Waals surface area (Å²) in [5, 5.41) is 0.166. The molecule has 0 radical (unpaired) electrons. The summed E-state index contributed by atoms with van der Waals surface area (Å²) in [6, 6.07) is 6.42. The maximum absolute atomic E-state index is 13.4. The zero-order valence-electron chi connectivity index (χ0n) is 26.8. The van der Waals surface area contributed by atoms with E-state index in [0.717, 1.165) is 12.2 Å². The van der Waals surface area contributed by atoms with Crippen LogP contribution in [0.2, 0.25) is 31.4 Å². The van der Waals surface area contributed by atoms with Gasteiger partial charge in [0, 0.05) is 0 Å². The van der Waals surface area contributed by atoms with Gasteiger partial charge < -0.3 is 0 Å². The standard InChI is InChI=1S/C19H33N2O3Si.3C4H9.Sn/c1-18(2,3)24-17(22)21(16-12-9-10-13-20-16)14-11-15-23-25(7,8)19(4,5)6;3*1-3-4-2;/h9-10,12H,11,14-15H2,1-8H3;3*1,3-4H2,2H3;. The molecule has 0 aliphatic heterocycles. The molecule has 0 bridgehead atoms. The van der Waals surface area contributed by atoms with E-state index in [1.54, 1.807) is 4.90 Å². The van der Waals surface area contributed by atoms with Gasteiger partial charge in [0.1, 0.15) is 0 Å². The number of anilines is 1. The fourth-order valence-corrected chi connectivity index (χ4v) is 21.1. The third-order valence-electron chi connectivity index (χ3n) is 7.99. The summed E-state index contributed by atoms with van der Waals surface area (Å²) >= 11 is -2.73. The van der Waals surface area contributed by atoms with Crippen molar-refractivity contribution in [2.45, 2.75) is 144 Å². The third kappa shape index (κ3) is 11.5. The molecule has 0 saturated heterocycles. The molecule has 220 valence electrons. The molecule has 1 amide bonds. The molecule has 0 aromatic carbocycles. The average Bonchev–Trinajstić information content (AvgIpc) is 2.82. The minimum atomic E-state index is -2.73. The van der Waals surface area contributed by atoms with Crippen molar-refractivity contribution < 1.29 is 14.0 Å². The summed E-state index contributed by atoms with van der Waals surface area (Å²) in [5.74, 6) is 0.745. The summed E-state index contributed by atoms with van der Waals surface area (Å²) in [6.45, 7) is 25.2. The van der Waals surface area contributed by atoms with Crippen LogP contribution in [0.4, 0.5) is 10.6 Å². The fourth-order valence-electron chi connectivity index (χ4n) is 4.56. The number of nitrogens with zero attached hydrogens (tertiary/aromatic N) is 2. The van der Waals surface area contributed by atoms with Crippen molar-refractivity contribution in [3.8, 4) is 0 Å². The molecule has 0 saturated carbocycles. The van der Waals surface area contributed by atoms with Gasteiger partial charge >= 0.3 is 242 Å². The third-order valence-corrected chi connectivity index (χ3v) is 27.6. The van der Waals surface area contributed by atoms with Gasteiger partial charge in [-0.25, -0.2) is 0 Å². The average molecular weight is 656 g/mol. The number of amides is 1. The van der Waals surface area contributed by atoms with Gasteiger partial charge in [0.05, 0.1) is 0 Å². The number of pyridine rings is 1. The van der Waals surface area contributed by atoms with Gasteiger partial charge in [0.15, 0.2) is 0 Å². The Bertz CT molecular complexity index is 811. The first-order chi connectivity index (χ1) is 17.6. The number of ether oxygens (including phenoxy) is 1. The topological polar surface area (TPSA) is 51.7 Å². The van der Waals surface area contributed by atoms with Crippen molar-refractivity contribution in [3.05, 3.63) is 18.2 Å². The fraction of sp³-hybridized carbons (Fsp3) is 0.806. The van der Waals surface area contributed by atoms with Gasteiger partial charge in [0.25, 0.3) is 0 Å². The molecule has 0 N–H and O–H groups in total. The number of hydrogen-bond donors (Lipinski definition) is 0. The number of hydrogen-bond acceptors (Lipinski definition) is 4. The van der Waals surface area contributed by atoms with Crippen LogP contribution in [0.5, 0.6) is 0 Å². The van der Waals surface area contributed by atoms with E-state index in [0.29, 0.717) is 13.2 Å². The molecule has 0 aliphatic rings. The number of carbonyl (C=O) groups excluding carboxylic acids is 1. The first-order valence-corrected chi connectivity index (χ1v) is 25.6. The Kier molecular flexibility index (Phi) is 14.9. The second-order valence-electron chi connectivity index (χ2n) is 13.6. The van der Waals surface area contributed by atoms with Crippen molar-refractivity contribution in [2.75, 3.05) is 18.1 Å². The van der Waals surface area contributed by atoms with Crippen LogP contribution < -0.4 is 8.61 Å². The van der Waals surface area contributed by atoms with Gasteiger partial charge in [-0.1, -0.05) is 0 Å². The second-order valence-corrected chi connectivity index (χ2v) is 31.4. The summed E-state index contributed by atoms with van der Waals surface area (Å²) in [4.78, 5) is 20.5. The van der Waals surface area contributed by atoms with Crippen LogP contribution in [0.25, 0.3) is 0 Å². The molecule has 38 heavy (non-hydrogen) atoms. The summed E-state index contributed by atoms with van der Waals surface area (Å²) in [7, 11) is -1.84. The molecule has 1 aromatic heterocycles. The van der Waals surface area contributed by atoms with Crippen molar-refractivity contribution in [1.29, 1.82) is 0 Å². The van der Waals surface area contributed by atoms with E-state index in [-0.39, 0.29) is 11.1 Å². The van der Waals surface area contributed by atoms with Crippen LogP contribution in [-0.4, -0.2) is 56.5 Å². The van der Waals surface area contributed by atoms with Crippen LogP contribution in [0.3, 0.4) is 0 Å². The van der Waals surface area contributed by atoms with E-state index in [1.807, 2.05) is 26.8 Å². The molecule has 0 atom stereocenters.